The minimum Gasteiger partial charge on any atom is -0.484 e. The minimum atomic E-state index is -0.211. The van der Waals surface area contributed by atoms with E-state index in [9.17, 15) is 9.59 Å². The molecule has 1 fully saturated rings. The highest BCUT2D eigenvalue weighted by Gasteiger charge is 2.36. The fraction of sp³-hybridized carbons (Fsp3) is 0.500. The molecule has 1 aliphatic rings. The van der Waals surface area contributed by atoms with E-state index in [-0.39, 0.29) is 30.0 Å². The highest BCUT2D eigenvalue weighted by atomic mass is 16.5. The Morgan fingerprint density at radius 2 is 2.00 bits per heavy atom. The van der Waals surface area contributed by atoms with E-state index >= 15 is 0 Å². The molecule has 1 aliphatic heterocycles. The first-order chi connectivity index (χ1) is 9.86. The van der Waals surface area contributed by atoms with Crippen molar-refractivity contribution in [3.05, 3.63) is 30.3 Å². The molecule has 1 aromatic carbocycles. The first-order valence-electron chi connectivity index (χ1n) is 7.14. The maximum atomic E-state index is 11.9. The number of benzene rings is 1. The molecule has 0 spiro atoms. The third-order valence-corrected chi connectivity index (χ3v) is 3.41. The molecule has 114 valence electrons. The molecule has 0 bridgehead atoms. The van der Waals surface area contributed by atoms with Crippen LogP contribution in [0.3, 0.4) is 0 Å². The average molecular weight is 290 g/mol. The second-order valence-electron chi connectivity index (χ2n) is 6.25. The lowest BCUT2D eigenvalue weighted by atomic mass is 10.1. The van der Waals surface area contributed by atoms with Gasteiger partial charge in [0.15, 0.2) is 6.61 Å². The van der Waals surface area contributed by atoms with Gasteiger partial charge >= 0.3 is 0 Å². The predicted molar refractivity (Wildman–Crippen MR) is 80.0 cm³/mol. The smallest absolute Gasteiger partial charge is 0.258 e. The number of hydrogen-bond donors (Lipinski definition) is 1. The van der Waals surface area contributed by atoms with Gasteiger partial charge < -0.3 is 15.0 Å². The van der Waals surface area contributed by atoms with Gasteiger partial charge in [-0.25, -0.2) is 0 Å². The van der Waals surface area contributed by atoms with Gasteiger partial charge in [0.2, 0.25) is 5.91 Å². The Kier molecular flexibility index (Phi) is 4.50. The normalized spacial score (nSPS) is 18.7. The number of nitrogens with one attached hydrogen (secondary N) is 1. The Morgan fingerprint density at radius 3 is 2.57 bits per heavy atom. The Labute approximate surface area is 125 Å². The van der Waals surface area contributed by atoms with Crippen LogP contribution in [0.5, 0.6) is 5.75 Å². The van der Waals surface area contributed by atoms with Crippen molar-refractivity contribution in [1.82, 2.24) is 10.2 Å². The van der Waals surface area contributed by atoms with Crippen LogP contribution >= 0.6 is 0 Å². The van der Waals surface area contributed by atoms with Crippen molar-refractivity contribution in [2.45, 2.75) is 38.8 Å². The lowest BCUT2D eigenvalue weighted by Crippen LogP contribution is -2.45. The minimum absolute atomic E-state index is 0.0375. The van der Waals surface area contributed by atoms with Crippen LogP contribution in [0.25, 0.3) is 0 Å². The molecule has 0 saturated carbocycles. The first-order valence-corrected chi connectivity index (χ1v) is 7.14. The van der Waals surface area contributed by atoms with Gasteiger partial charge in [0.1, 0.15) is 5.75 Å². The number of carbonyl (C=O) groups is 2. The Hall–Kier alpha value is -2.04. The standard InChI is InChI=1S/C16H22N2O3/c1-16(2,3)18-10-12(9-15(18)20)17-14(19)11-21-13-7-5-4-6-8-13/h4-8,12H,9-11H2,1-3H3,(H,17,19). The number of nitrogens with zero attached hydrogens (tertiary/aromatic N) is 1. The van der Waals surface area contributed by atoms with E-state index in [0.717, 1.165) is 0 Å². The van der Waals surface area contributed by atoms with Gasteiger partial charge in [0.05, 0.1) is 6.04 Å². The fourth-order valence-corrected chi connectivity index (χ4v) is 2.39. The summed E-state index contributed by atoms with van der Waals surface area (Å²) in [7, 11) is 0. The van der Waals surface area contributed by atoms with Gasteiger partial charge in [-0.05, 0) is 32.9 Å². The van der Waals surface area contributed by atoms with E-state index in [0.29, 0.717) is 18.7 Å². The number of para-hydroxylation sites is 1. The van der Waals surface area contributed by atoms with Crippen molar-refractivity contribution in [1.29, 1.82) is 0 Å². The number of carbonyl (C=O) groups excluding carboxylic acids is 2. The average Bonchev–Trinajstić information content (AvgIpc) is 2.78. The number of likely N-dealkylation sites (tertiary alicyclic amines) is 1. The quantitative estimate of drug-likeness (QED) is 0.916. The van der Waals surface area contributed by atoms with E-state index in [4.69, 9.17) is 4.74 Å². The molecular formula is C16H22N2O3. The lowest BCUT2D eigenvalue weighted by molar-refractivity contribution is -0.131. The monoisotopic (exact) mass is 290 g/mol. The van der Waals surface area contributed by atoms with Gasteiger partial charge in [-0.1, -0.05) is 18.2 Å². The van der Waals surface area contributed by atoms with Gasteiger partial charge in [0.25, 0.3) is 5.91 Å². The molecule has 1 saturated heterocycles. The molecule has 1 aromatic rings. The highest BCUT2D eigenvalue weighted by molar-refractivity contribution is 5.83. The highest BCUT2D eigenvalue weighted by Crippen LogP contribution is 2.21. The molecule has 5 heteroatoms. The predicted octanol–water partition coefficient (Wildman–Crippen LogP) is 1.58. The van der Waals surface area contributed by atoms with Crippen LogP contribution in [-0.2, 0) is 9.59 Å². The van der Waals surface area contributed by atoms with Crippen LogP contribution in [0.4, 0.5) is 0 Å². The Morgan fingerprint density at radius 1 is 1.33 bits per heavy atom. The van der Waals surface area contributed by atoms with E-state index in [1.807, 2.05) is 39.0 Å². The molecule has 0 radical (unpaired) electrons. The van der Waals surface area contributed by atoms with Crippen molar-refractivity contribution in [3.8, 4) is 5.75 Å². The van der Waals surface area contributed by atoms with Crippen molar-refractivity contribution in [2.24, 2.45) is 0 Å². The Bertz CT molecular complexity index is 508. The van der Waals surface area contributed by atoms with Crippen LogP contribution in [-0.4, -0.2) is 41.4 Å². The summed E-state index contributed by atoms with van der Waals surface area (Å²) in [6, 6.07) is 9.05. The van der Waals surface area contributed by atoms with Crippen molar-refractivity contribution >= 4 is 11.8 Å². The zero-order valence-corrected chi connectivity index (χ0v) is 12.8. The van der Waals surface area contributed by atoms with Gasteiger partial charge in [-0.3, -0.25) is 9.59 Å². The number of hydrogen-bond acceptors (Lipinski definition) is 3. The van der Waals surface area contributed by atoms with Gasteiger partial charge in [-0.2, -0.15) is 0 Å². The largest absolute Gasteiger partial charge is 0.484 e. The molecule has 0 aliphatic carbocycles. The first kappa shape index (κ1) is 15.4. The SMILES string of the molecule is CC(C)(C)N1CC(NC(=O)COc2ccccc2)CC1=O. The van der Waals surface area contributed by atoms with Crippen LogP contribution in [0.2, 0.25) is 0 Å². The zero-order chi connectivity index (χ0) is 15.5. The summed E-state index contributed by atoms with van der Waals surface area (Å²) in [6.45, 7) is 6.50. The number of ether oxygens (including phenoxy) is 1. The summed E-state index contributed by atoms with van der Waals surface area (Å²) in [4.78, 5) is 25.6. The fourth-order valence-electron chi connectivity index (χ4n) is 2.39. The summed E-state index contributed by atoms with van der Waals surface area (Å²) in [5, 5.41) is 2.86. The topological polar surface area (TPSA) is 58.6 Å². The molecule has 5 nitrogen and oxygen atoms in total. The molecule has 1 atom stereocenters. The molecule has 2 amide bonds. The van der Waals surface area contributed by atoms with Crippen molar-refractivity contribution in [3.63, 3.8) is 0 Å². The molecule has 1 N–H and O–H groups in total. The number of amides is 2. The van der Waals surface area contributed by atoms with Crippen LogP contribution in [0, 0.1) is 0 Å². The summed E-state index contributed by atoms with van der Waals surface area (Å²) >= 11 is 0. The summed E-state index contributed by atoms with van der Waals surface area (Å²) in [5.74, 6) is 0.538. The summed E-state index contributed by atoms with van der Waals surface area (Å²) in [6.07, 6.45) is 0.356. The van der Waals surface area contributed by atoms with Crippen molar-refractivity contribution < 1.29 is 14.3 Å². The molecule has 0 aromatic heterocycles. The lowest BCUT2D eigenvalue weighted by Gasteiger charge is -2.32. The maximum absolute atomic E-state index is 11.9. The molecule has 2 rings (SSSR count). The molecular weight excluding hydrogens is 268 g/mol. The van der Waals surface area contributed by atoms with Crippen LogP contribution in [0.15, 0.2) is 30.3 Å². The third-order valence-electron chi connectivity index (χ3n) is 3.41. The van der Waals surface area contributed by atoms with E-state index in [1.54, 1.807) is 17.0 Å². The third kappa shape index (κ3) is 4.21. The second-order valence-corrected chi connectivity index (χ2v) is 6.25. The van der Waals surface area contributed by atoms with Crippen LogP contribution < -0.4 is 10.1 Å². The Balaban J connectivity index is 1.80. The molecule has 1 heterocycles. The van der Waals surface area contributed by atoms with Gasteiger partial charge in [-0.15, -0.1) is 0 Å². The second kappa shape index (κ2) is 6.16. The van der Waals surface area contributed by atoms with Gasteiger partial charge in [0, 0.05) is 18.5 Å². The van der Waals surface area contributed by atoms with E-state index < -0.39 is 0 Å². The molecule has 1 unspecified atom stereocenters. The van der Waals surface area contributed by atoms with E-state index in [2.05, 4.69) is 5.32 Å². The van der Waals surface area contributed by atoms with Crippen molar-refractivity contribution in [2.75, 3.05) is 13.2 Å². The van der Waals surface area contributed by atoms with E-state index in [1.165, 1.54) is 0 Å². The maximum Gasteiger partial charge on any atom is 0.258 e. The summed E-state index contributed by atoms with van der Waals surface area (Å²) < 4.78 is 5.39. The van der Waals surface area contributed by atoms with Crippen LogP contribution in [0.1, 0.15) is 27.2 Å². The number of rotatable bonds is 4. The molecule has 21 heavy (non-hydrogen) atoms. The zero-order valence-electron chi connectivity index (χ0n) is 12.8. The summed E-state index contributed by atoms with van der Waals surface area (Å²) in [5.41, 5.74) is -0.211.